The molecule has 0 aromatic carbocycles. The summed E-state index contributed by atoms with van der Waals surface area (Å²) in [6, 6.07) is 3.55. The van der Waals surface area contributed by atoms with Gasteiger partial charge in [-0.2, -0.15) is 0 Å². The lowest BCUT2D eigenvalue weighted by Crippen LogP contribution is -2.39. The van der Waals surface area contributed by atoms with Gasteiger partial charge in [0.1, 0.15) is 6.04 Å². The van der Waals surface area contributed by atoms with Crippen LogP contribution in [0.3, 0.4) is 0 Å². The van der Waals surface area contributed by atoms with Crippen molar-refractivity contribution in [2.45, 2.75) is 51.1 Å². The van der Waals surface area contributed by atoms with Gasteiger partial charge in [0, 0.05) is 18.3 Å². The van der Waals surface area contributed by atoms with E-state index < -0.39 is 6.04 Å². The van der Waals surface area contributed by atoms with Crippen LogP contribution in [0.4, 0.5) is 0 Å². The van der Waals surface area contributed by atoms with E-state index >= 15 is 0 Å². The van der Waals surface area contributed by atoms with Gasteiger partial charge in [0.15, 0.2) is 0 Å². The Morgan fingerprint density at radius 1 is 1.38 bits per heavy atom. The van der Waals surface area contributed by atoms with Crippen LogP contribution in [0.25, 0.3) is 0 Å². The van der Waals surface area contributed by atoms with E-state index in [1.54, 1.807) is 19.4 Å². The third-order valence-corrected chi connectivity index (χ3v) is 3.83. The Kier molecular flexibility index (Phi) is 5.99. The molecular formula is C16H24N2O3. The zero-order valence-electron chi connectivity index (χ0n) is 12.8. The van der Waals surface area contributed by atoms with Gasteiger partial charge in [0.25, 0.3) is 0 Å². The van der Waals surface area contributed by atoms with Gasteiger partial charge in [-0.1, -0.05) is 19.3 Å². The minimum Gasteiger partial charge on any atom is -0.481 e. The highest BCUT2D eigenvalue weighted by atomic mass is 16.5. The van der Waals surface area contributed by atoms with Crippen LogP contribution < -0.4 is 10.1 Å². The lowest BCUT2D eigenvalue weighted by atomic mass is 9.94. The second-order valence-electron chi connectivity index (χ2n) is 5.32. The van der Waals surface area contributed by atoms with Gasteiger partial charge in [-0.05, 0) is 31.4 Å². The second kappa shape index (κ2) is 7.98. The first-order valence-corrected chi connectivity index (χ1v) is 7.67. The molecule has 0 spiro atoms. The van der Waals surface area contributed by atoms with Crippen molar-refractivity contribution in [2.24, 2.45) is 0 Å². The van der Waals surface area contributed by atoms with Gasteiger partial charge < -0.3 is 9.47 Å². The first-order valence-electron chi connectivity index (χ1n) is 7.67. The van der Waals surface area contributed by atoms with E-state index in [0.717, 1.165) is 18.4 Å². The molecule has 2 rings (SSSR count). The number of hydrogen-bond acceptors (Lipinski definition) is 5. The number of methoxy groups -OCH3 is 1. The fraction of sp³-hybridized carbons (Fsp3) is 0.625. The van der Waals surface area contributed by atoms with Crippen molar-refractivity contribution >= 4 is 5.97 Å². The summed E-state index contributed by atoms with van der Waals surface area (Å²) in [6.07, 6.45) is 7.61. The maximum absolute atomic E-state index is 12.2. The summed E-state index contributed by atoms with van der Waals surface area (Å²) in [5.74, 6) is 0.300. The Labute approximate surface area is 126 Å². The first-order chi connectivity index (χ1) is 10.2. The Bertz CT molecular complexity index is 441. The van der Waals surface area contributed by atoms with Crippen LogP contribution in [0, 0.1) is 0 Å². The van der Waals surface area contributed by atoms with Gasteiger partial charge in [0.05, 0.1) is 13.7 Å². The van der Waals surface area contributed by atoms with Gasteiger partial charge in [-0.3, -0.25) is 5.32 Å². The predicted octanol–water partition coefficient (Wildman–Crippen LogP) is 2.62. The molecule has 1 fully saturated rings. The summed E-state index contributed by atoms with van der Waals surface area (Å²) < 4.78 is 10.3. The predicted molar refractivity (Wildman–Crippen MR) is 80.2 cm³/mol. The number of rotatable bonds is 6. The first kappa shape index (κ1) is 15.8. The Morgan fingerprint density at radius 2 is 2.14 bits per heavy atom. The molecule has 0 aliphatic heterocycles. The third-order valence-electron chi connectivity index (χ3n) is 3.83. The van der Waals surface area contributed by atoms with Crippen LogP contribution in [-0.2, 0) is 9.53 Å². The molecule has 1 aliphatic rings. The molecule has 1 atom stereocenters. The number of pyridine rings is 1. The number of aromatic nitrogens is 1. The van der Waals surface area contributed by atoms with E-state index in [2.05, 4.69) is 10.3 Å². The smallest absolute Gasteiger partial charge is 0.327 e. The minimum atomic E-state index is -0.452. The molecule has 0 bridgehead atoms. The molecule has 0 saturated heterocycles. The van der Waals surface area contributed by atoms with Crippen molar-refractivity contribution in [2.75, 3.05) is 13.7 Å². The highest BCUT2D eigenvalue weighted by Gasteiger charge is 2.26. The lowest BCUT2D eigenvalue weighted by molar-refractivity contribution is -0.146. The number of nitrogens with zero attached hydrogens (tertiary/aromatic N) is 1. The zero-order chi connectivity index (χ0) is 15.1. The monoisotopic (exact) mass is 292 g/mol. The number of esters is 1. The largest absolute Gasteiger partial charge is 0.481 e. The molecule has 0 radical (unpaired) electrons. The van der Waals surface area contributed by atoms with Crippen molar-refractivity contribution in [3.05, 3.63) is 23.9 Å². The number of carbonyl (C=O) groups is 1. The third kappa shape index (κ3) is 4.43. The summed E-state index contributed by atoms with van der Waals surface area (Å²) in [5.41, 5.74) is 0.819. The number of hydrogen-bond donors (Lipinski definition) is 1. The van der Waals surface area contributed by atoms with E-state index in [1.165, 1.54) is 19.3 Å². The standard InChI is InChI=1S/C16H24N2O3/c1-3-21-16(19)15(18-13-7-5-4-6-8-13)12-9-10-14(20-2)17-11-12/h9-11,13,15,18H,3-8H2,1-2H3. The molecule has 1 aliphatic carbocycles. The molecule has 116 valence electrons. The Balaban J connectivity index is 2.11. The Hall–Kier alpha value is -1.62. The summed E-state index contributed by atoms with van der Waals surface area (Å²) >= 11 is 0. The summed E-state index contributed by atoms with van der Waals surface area (Å²) in [5, 5.41) is 3.44. The summed E-state index contributed by atoms with van der Waals surface area (Å²) in [6.45, 7) is 2.20. The van der Waals surface area contributed by atoms with E-state index in [-0.39, 0.29) is 5.97 Å². The van der Waals surface area contributed by atoms with Crippen molar-refractivity contribution < 1.29 is 14.3 Å². The summed E-state index contributed by atoms with van der Waals surface area (Å²) in [7, 11) is 1.57. The van der Waals surface area contributed by atoms with Crippen LogP contribution in [-0.4, -0.2) is 30.7 Å². The second-order valence-corrected chi connectivity index (χ2v) is 5.32. The molecule has 5 nitrogen and oxygen atoms in total. The SMILES string of the molecule is CCOC(=O)C(NC1CCCCC1)c1ccc(OC)nc1. The number of ether oxygens (including phenoxy) is 2. The maximum Gasteiger partial charge on any atom is 0.327 e. The molecule has 1 aromatic heterocycles. The van der Waals surface area contributed by atoms with Gasteiger partial charge in [-0.15, -0.1) is 0 Å². The summed E-state index contributed by atoms with van der Waals surface area (Å²) in [4.78, 5) is 16.4. The van der Waals surface area contributed by atoms with Crippen molar-refractivity contribution in [1.82, 2.24) is 10.3 Å². The molecular weight excluding hydrogens is 268 g/mol. The van der Waals surface area contributed by atoms with Crippen LogP contribution in [0.15, 0.2) is 18.3 Å². The quantitative estimate of drug-likeness (QED) is 0.817. The van der Waals surface area contributed by atoms with E-state index in [9.17, 15) is 4.79 Å². The molecule has 5 heteroatoms. The van der Waals surface area contributed by atoms with Crippen LogP contribution in [0.5, 0.6) is 5.88 Å². The van der Waals surface area contributed by atoms with Gasteiger partial charge >= 0.3 is 5.97 Å². The van der Waals surface area contributed by atoms with Crippen LogP contribution in [0.2, 0.25) is 0 Å². The van der Waals surface area contributed by atoms with E-state index in [0.29, 0.717) is 18.5 Å². The normalized spacial score (nSPS) is 17.2. The molecule has 21 heavy (non-hydrogen) atoms. The fourth-order valence-corrected chi connectivity index (χ4v) is 2.71. The topological polar surface area (TPSA) is 60.5 Å². The van der Waals surface area contributed by atoms with Crippen LogP contribution >= 0.6 is 0 Å². The van der Waals surface area contributed by atoms with Crippen molar-refractivity contribution in [1.29, 1.82) is 0 Å². The van der Waals surface area contributed by atoms with Gasteiger partial charge in [0.2, 0.25) is 5.88 Å². The van der Waals surface area contributed by atoms with Crippen molar-refractivity contribution in [3.63, 3.8) is 0 Å². The average Bonchev–Trinajstić information content (AvgIpc) is 2.54. The average molecular weight is 292 g/mol. The number of nitrogens with one attached hydrogen (secondary N) is 1. The van der Waals surface area contributed by atoms with E-state index in [1.807, 2.05) is 13.0 Å². The molecule has 0 amide bonds. The molecule has 1 aromatic rings. The molecule has 1 unspecified atom stereocenters. The zero-order valence-corrected chi connectivity index (χ0v) is 12.8. The molecule has 1 N–H and O–H groups in total. The maximum atomic E-state index is 12.2. The van der Waals surface area contributed by atoms with Crippen LogP contribution in [0.1, 0.15) is 50.6 Å². The van der Waals surface area contributed by atoms with Crippen molar-refractivity contribution in [3.8, 4) is 5.88 Å². The van der Waals surface area contributed by atoms with E-state index in [4.69, 9.17) is 9.47 Å². The fourth-order valence-electron chi connectivity index (χ4n) is 2.71. The number of carbonyl (C=O) groups excluding carboxylic acids is 1. The molecule has 1 heterocycles. The minimum absolute atomic E-state index is 0.241. The lowest BCUT2D eigenvalue weighted by Gasteiger charge is -2.27. The Morgan fingerprint density at radius 3 is 2.71 bits per heavy atom. The van der Waals surface area contributed by atoms with Gasteiger partial charge in [-0.25, -0.2) is 9.78 Å². The molecule has 1 saturated carbocycles. The highest BCUT2D eigenvalue weighted by molar-refractivity contribution is 5.77. The highest BCUT2D eigenvalue weighted by Crippen LogP contribution is 2.23.